The van der Waals surface area contributed by atoms with Crippen molar-refractivity contribution < 1.29 is 0 Å². The molecule has 2 aliphatic carbocycles. The Morgan fingerprint density at radius 2 is 2.11 bits per heavy atom. The van der Waals surface area contributed by atoms with E-state index in [1.54, 1.807) is 4.88 Å². The fraction of sp³-hybridized carbons (Fsp3) is 0.750. The fourth-order valence-electron chi connectivity index (χ4n) is 3.37. The van der Waals surface area contributed by atoms with Gasteiger partial charge in [0, 0.05) is 10.9 Å². The first kappa shape index (κ1) is 12.7. The minimum Gasteiger partial charge on any atom is -0.309 e. The Morgan fingerprint density at radius 1 is 1.28 bits per heavy atom. The molecule has 1 N–H and O–H groups in total. The van der Waals surface area contributed by atoms with Gasteiger partial charge in [-0.3, -0.25) is 0 Å². The molecule has 0 radical (unpaired) electrons. The molecular formula is C16H25NS. The van der Waals surface area contributed by atoms with Gasteiger partial charge in [-0.05, 0) is 55.0 Å². The van der Waals surface area contributed by atoms with Gasteiger partial charge in [0.05, 0.1) is 0 Å². The molecule has 0 saturated heterocycles. The quantitative estimate of drug-likeness (QED) is 0.817. The van der Waals surface area contributed by atoms with Crippen molar-refractivity contribution in [2.45, 2.75) is 51.5 Å². The Bertz CT molecular complexity index is 355. The maximum atomic E-state index is 3.89. The molecule has 0 amide bonds. The number of thiophene rings is 1. The molecule has 0 spiro atoms. The SMILES string of the molecule is CC1CCCCC1CNC(c1cccs1)C1CC1. The molecule has 1 aromatic rings. The average molecular weight is 263 g/mol. The van der Waals surface area contributed by atoms with Crippen molar-refractivity contribution in [1.29, 1.82) is 0 Å². The maximum absolute atomic E-state index is 3.89. The molecule has 1 heterocycles. The van der Waals surface area contributed by atoms with Crippen LogP contribution in [0.5, 0.6) is 0 Å². The third-order valence-electron chi connectivity index (χ3n) is 4.83. The zero-order valence-corrected chi connectivity index (χ0v) is 12.2. The summed E-state index contributed by atoms with van der Waals surface area (Å²) < 4.78 is 0. The lowest BCUT2D eigenvalue weighted by molar-refractivity contribution is 0.238. The third-order valence-corrected chi connectivity index (χ3v) is 5.79. The standard InChI is InChI=1S/C16H25NS/c1-12-5-2-3-6-14(12)11-17-16(13-8-9-13)15-7-4-10-18-15/h4,7,10,12-14,16-17H,2-3,5-6,8-9,11H2,1H3. The van der Waals surface area contributed by atoms with Gasteiger partial charge in [0.25, 0.3) is 0 Å². The van der Waals surface area contributed by atoms with Crippen LogP contribution in [-0.4, -0.2) is 6.54 Å². The summed E-state index contributed by atoms with van der Waals surface area (Å²) in [5.74, 6) is 2.76. The van der Waals surface area contributed by atoms with E-state index in [-0.39, 0.29) is 0 Å². The number of hydrogen-bond acceptors (Lipinski definition) is 2. The highest BCUT2D eigenvalue weighted by molar-refractivity contribution is 7.10. The van der Waals surface area contributed by atoms with E-state index >= 15 is 0 Å². The predicted molar refractivity (Wildman–Crippen MR) is 78.9 cm³/mol. The van der Waals surface area contributed by atoms with Crippen LogP contribution < -0.4 is 5.32 Å². The summed E-state index contributed by atoms with van der Waals surface area (Å²) in [5, 5.41) is 6.11. The Morgan fingerprint density at radius 3 is 2.78 bits per heavy atom. The van der Waals surface area contributed by atoms with Crippen molar-refractivity contribution in [2.75, 3.05) is 6.54 Å². The predicted octanol–water partition coefficient (Wildman–Crippen LogP) is 4.62. The topological polar surface area (TPSA) is 12.0 Å². The summed E-state index contributed by atoms with van der Waals surface area (Å²) in [4.78, 5) is 1.56. The first-order valence-electron chi connectivity index (χ1n) is 7.61. The van der Waals surface area contributed by atoms with Crippen LogP contribution in [0.4, 0.5) is 0 Å². The van der Waals surface area contributed by atoms with E-state index in [4.69, 9.17) is 0 Å². The van der Waals surface area contributed by atoms with Crippen molar-refractivity contribution in [3.8, 4) is 0 Å². The highest BCUT2D eigenvalue weighted by Gasteiger charge is 2.33. The lowest BCUT2D eigenvalue weighted by Crippen LogP contribution is -2.32. The summed E-state index contributed by atoms with van der Waals surface area (Å²) in [7, 11) is 0. The van der Waals surface area contributed by atoms with Gasteiger partial charge in [0.2, 0.25) is 0 Å². The molecular weight excluding hydrogens is 238 g/mol. The van der Waals surface area contributed by atoms with Crippen molar-refractivity contribution >= 4 is 11.3 Å². The maximum Gasteiger partial charge on any atom is 0.0443 e. The van der Waals surface area contributed by atoms with Crippen LogP contribution >= 0.6 is 11.3 Å². The largest absolute Gasteiger partial charge is 0.309 e. The zero-order valence-electron chi connectivity index (χ0n) is 11.4. The van der Waals surface area contributed by atoms with Crippen LogP contribution in [0.3, 0.4) is 0 Å². The Kier molecular flexibility index (Phi) is 4.05. The molecule has 18 heavy (non-hydrogen) atoms. The summed E-state index contributed by atoms with van der Waals surface area (Å²) in [6.45, 7) is 3.68. The van der Waals surface area contributed by atoms with Crippen molar-refractivity contribution in [3.05, 3.63) is 22.4 Å². The van der Waals surface area contributed by atoms with Gasteiger partial charge in [-0.15, -0.1) is 11.3 Å². The van der Waals surface area contributed by atoms with Gasteiger partial charge in [-0.25, -0.2) is 0 Å². The number of nitrogens with one attached hydrogen (secondary N) is 1. The summed E-state index contributed by atoms with van der Waals surface area (Å²) in [6, 6.07) is 5.16. The van der Waals surface area contributed by atoms with E-state index < -0.39 is 0 Å². The molecule has 1 nitrogen and oxygen atoms in total. The van der Waals surface area contributed by atoms with Crippen molar-refractivity contribution in [2.24, 2.45) is 17.8 Å². The molecule has 2 heteroatoms. The minimum absolute atomic E-state index is 0.652. The monoisotopic (exact) mass is 263 g/mol. The molecule has 2 fully saturated rings. The zero-order chi connectivity index (χ0) is 12.4. The first-order chi connectivity index (χ1) is 8.84. The van der Waals surface area contributed by atoms with Gasteiger partial charge in [-0.1, -0.05) is 32.3 Å². The molecule has 0 bridgehead atoms. The molecule has 2 saturated carbocycles. The lowest BCUT2D eigenvalue weighted by atomic mass is 9.80. The van der Waals surface area contributed by atoms with Gasteiger partial charge >= 0.3 is 0 Å². The van der Waals surface area contributed by atoms with Crippen LogP contribution in [0.1, 0.15) is 56.4 Å². The molecule has 0 aliphatic heterocycles. The van der Waals surface area contributed by atoms with Crippen LogP contribution in [0, 0.1) is 17.8 Å². The second-order valence-corrected chi connectivity index (χ2v) is 7.24. The fourth-order valence-corrected chi connectivity index (χ4v) is 4.27. The van der Waals surface area contributed by atoms with E-state index in [0.29, 0.717) is 6.04 Å². The Hall–Kier alpha value is -0.340. The minimum atomic E-state index is 0.652. The van der Waals surface area contributed by atoms with E-state index in [1.165, 1.54) is 45.1 Å². The highest BCUT2D eigenvalue weighted by Crippen LogP contribution is 2.42. The van der Waals surface area contributed by atoms with E-state index in [1.807, 2.05) is 11.3 Å². The smallest absolute Gasteiger partial charge is 0.0443 e. The van der Waals surface area contributed by atoms with Crippen LogP contribution in [-0.2, 0) is 0 Å². The lowest BCUT2D eigenvalue weighted by Gasteiger charge is -2.30. The molecule has 3 unspecified atom stereocenters. The summed E-state index contributed by atoms with van der Waals surface area (Å²) >= 11 is 1.92. The molecule has 0 aromatic carbocycles. The van der Waals surface area contributed by atoms with Gasteiger partial charge in [-0.2, -0.15) is 0 Å². The van der Waals surface area contributed by atoms with Crippen molar-refractivity contribution in [3.63, 3.8) is 0 Å². The molecule has 2 aliphatic rings. The number of hydrogen-bond donors (Lipinski definition) is 1. The molecule has 3 rings (SSSR count). The van der Waals surface area contributed by atoms with E-state index in [2.05, 4.69) is 29.8 Å². The first-order valence-corrected chi connectivity index (χ1v) is 8.49. The van der Waals surface area contributed by atoms with Crippen molar-refractivity contribution in [1.82, 2.24) is 5.32 Å². The number of rotatable bonds is 5. The average Bonchev–Trinajstić information content (AvgIpc) is 3.07. The normalized spacial score (nSPS) is 30.3. The molecule has 3 atom stereocenters. The molecule has 1 aromatic heterocycles. The van der Waals surface area contributed by atoms with E-state index in [0.717, 1.165) is 17.8 Å². The Balaban J connectivity index is 1.56. The third kappa shape index (κ3) is 2.97. The van der Waals surface area contributed by atoms with E-state index in [9.17, 15) is 0 Å². The summed E-state index contributed by atoms with van der Waals surface area (Å²) in [6.07, 6.45) is 8.64. The Labute approximate surface area is 115 Å². The highest BCUT2D eigenvalue weighted by atomic mass is 32.1. The van der Waals surface area contributed by atoms with Crippen LogP contribution in [0.25, 0.3) is 0 Å². The summed E-state index contributed by atoms with van der Waals surface area (Å²) in [5.41, 5.74) is 0. The molecule has 100 valence electrons. The van der Waals surface area contributed by atoms with Gasteiger partial charge in [0.1, 0.15) is 0 Å². The second kappa shape index (κ2) is 5.75. The van der Waals surface area contributed by atoms with Crippen LogP contribution in [0.2, 0.25) is 0 Å². The van der Waals surface area contributed by atoms with Gasteiger partial charge < -0.3 is 5.32 Å². The van der Waals surface area contributed by atoms with Crippen LogP contribution in [0.15, 0.2) is 17.5 Å². The second-order valence-electron chi connectivity index (χ2n) is 6.26. The van der Waals surface area contributed by atoms with Gasteiger partial charge in [0.15, 0.2) is 0 Å².